The summed E-state index contributed by atoms with van der Waals surface area (Å²) in [6.45, 7) is 8.88. The molecule has 1 aliphatic heterocycles. The molecule has 1 aromatic heterocycles. The van der Waals surface area contributed by atoms with E-state index >= 15 is 0 Å². The fraction of sp³-hybridized carbons (Fsp3) is 0.750. The minimum absolute atomic E-state index is 0.214. The molecule has 1 atom stereocenters. The Kier molecular flexibility index (Phi) is 5.97. The molecule has 124 valence electrons. The Hall–Kier alpha value is -1.40. The van der Waals surface area contributed by atoms with Crippen LogP contribution in [0.5, 0.6) is 0 Å². The topological polar surface area (TPSA) is 44.6 Å². The second-order valence-electron chi connectivity index (χ2n) is 6.25. The predicted molar refractivity (Wildman–Crippen MR) is 87.5 cm³/mol. The number of carbonyl (C=O) groups excluding carboxylic acids is 1. The van der Waals surface area contributed by atoms with E-state index in [9.17, 15) is 4.79 Å². The van der Waals surface area contributed by atoms with Crippen molar-refractivity contribution in [2.75, 3.05) is 40.3 Å². The van der Waals surface area contributed by atoms with Gasteiger partial charge in [0.25, 0.3) is 0 Å². The van der Waals surface area contributed by atoms with Gasteiger partial charge in [-0.15, -0.1) is 0 Å². The minimum Gasteiger partial charge on any atom is -0.337 e. The number of aromatic nitrogens is 2. The van der Waals surface area contributed by atoms with E-state index in [4.69, 9.17) is 0 Å². The molecule has 0 radical (unpaired) electrons. The third-order valence-corrected chi connectivity index (χ3v) is 4.46. The van der Waals surface area contributed by atoms with Crippen LogP contribution in [0.3, 0.4) is 0 Å². The fourth-order valence-electron chi connectivity index (χ4n) is 2.93. The maximum Gasteiger partial charge on any atom is 0.237 e. The molecule has 6 nitrogen and oxygen atoms in total. The van der Waals surface area contributed by atoms with Gasteiger partial charge in [0.1, 0.15) is 0 Å². The van der Waals surface area contributed by atoms with Gasteiger partial charge in [-0.3, -0.25) is 14.4 Å². The molecule has 1 fully saturated rings. The molecule has 0 N–H and O–H groups in total. The highest BCUT2D eigenvalue weighted by atomic mass is 16.2. The molecule has 6 heteroatoms. The summed E-state index contributed by atoms with van der Waals surface area (Å²) in [6, 6.07) is 0.575. The first kappa shape index (κ1) is 17.0. The summed E-state index contributed by atoms with van der Waals surface area (Å²) in [6.07, 6.45) is 5.03. The number of likely N-dealkylation sites (N-methyl/N-ethyl adjacent to an activating group) is 2. The fourth-order valence-corrected chi connectivity index (χ4v) is 2.93. The highest BCUT2D eigenvalue weighted by Crippen LogP contribution is 2.13. The van der Waals surface area contributed by atoms with E-state index < -0.39 is 0 Å². The molecule has 0 saturated carbocycles. The van der Waals surface area contributed by atoms with Crippen molar-refractivity contribution < 1.29 is 4.79 Å². The molecule has 2 rings (SSSR count). The van der Waals surface area contributed by atoms with E-state index in [1.807, 2.05) is 28.9 Å². The second kappa shape index (κ2) is 7.74. The Labute approximate surface area is 133 Å². The number of amides is 1. The SMILES string of the molecule is CCN(Cc1cnn(CC)c1)C(=O)CN1CC[C@H](N(C)C)C1. The van der Waals surface area contributed by atoms with E-state index in [0.29, 0.717) is 19.1 Å². The standard InChI is InChI=1S/C16H29N5O/c1-5-20(10-14-9-17-21(6-2)11-14)16(22)13-19-8-7-15(12-19)18(3)4/h9,11,15H,5-8,10,12-13H2,1-4H3/t15-/m0/s1. The van der Waals surface area contributed by atoms with Gasteiger partial charge in [-0.1, -0.05) is 0 Å². The Bertz CT molecular complexity index is 485. The highest BCUT2D eigenvalue weighted by Gasteiger charge is 2.26. The number of hydrogen-bond acceptors (Lipinski definition) is 4. The van der Waals surface area contributed by atoms with E-state index in [-0.39, 0.29) is 5.91 Å². The largest absolute Gasteiger partial charge is 0.337 e. The van der Waals surface area contributed by atoms with Gasteiger partial charge in [0, 0.05) is 50.5 Å². The lowest BCUT2D eigenvalue weighted by molar-refractivity contribution is -0.132. The van der Waals surface area contributed by atoms with Crippen molar-refractivity contribution in [3.63, 3.8) is 0 Å². The summed E-state index contributed by atoms with van der Waals surface area (Å²) in [5.41, 5.74) is 1.10. The van der Waals surface area contributed by atoms with Gasteiger partial charge in [0.05, 0.1) is 12.7 Å². The maximum atomic E-state index is 12.5. The molecule has 0 bridgehead atoms. The molecular weight excluding hydrogens is 278 g/mol. The Morgan fingerprint density at radius 1 is 1.41 bits per heavy atom. The normalized spacial score (nSPS) is 19.0. The minimum atomic E-state index is 0.214. The number of aryl methyl sites for hydroxylation is 1. The predicted octanol–water partition coefficient (Wildman–Crippen LogP) is 0.887. The molecule has 1 saturated heterocycles. The van der Waals surface area contributed by atoms with Crippen LogP contribution >= 0.6 is 0 Å². The third-order valence-electron chi connectivity index (χ3n) is 4.46. The molecule has 22 heavy (non-hydrogen) atoms. The smallest absolute Gasteiger partial charge is 0.237 e. The first-order valence-electron chi connectivity index (χ1n) is 8.21. The van der Waals surface area contributed by atoms with Crippen molar-refractivity contribution in [2.45, 2.75) is 39.4 Å². The van der Waals surface area contributed by atoms with Crippen molar-refractivity contribution in [3.05, 3.63) is 18.0 Å². The van der Waals surface area contributed by atoms with Crippen LogP contribution in [0.15, 0.2) is 12.4 Å². The summed E-state index contributed by atoms with van der Waals surface area (Å²) in [5.74, 6) is 0.214. The van der Waals surface area contributed by atoms with Gasteiger partial charge >= 0.3 is 0 Å². The lowest BCUT2D eigenvalue weighted by Crippen LogP contribution is -2.40. The highest BCUT2D eigenvalue weighted by molar-refractivity contribution is 5.78. The molecule has 1 amide bonds. The van der Waals surface area contributed by atoms with Gasteiger partial charge in [-0.2, -0.15) is 5.10 Å². The summed E-state index contributed by atoms with van der Waals surface area (Å²) in [7, 11) is 4.22. The summed E-state index contributed by atoms with van der Waals surface area (Å²) in [5, 5.41) is 4.28. The van der Waals surface area contributed by atoms with Crippen LogP contribution in [0.2, 0.25) is 0 Å². The summed E-state index contributed by atoms with van der Waals surface area (Å²) in [4.78, 5) is 19.0. The van der Waals surface area contributed by atoms with Gasteiger partial charge in [-0.05, 0) is 34.4 Å². The van der Waals surface area contributed by atoms with Gasteiger partial charge in [0.15, 0.2) is 0 Å². The van der Waals surface area contributed by atoms with E-state index in [2.05, 4.69) is 35.9 Å². The summed E-state index contributed by atoms with van der Waals surface area (Å²) >= 11 is 0. The number of likely N-dealkylation sites (tertiary alicyclic amines) is 1. The van der Waals surface area contributed by atoms with Crippen molar-refractivity contribution in [2.24, 2.45) is 0 Å². The molecular formula is C16H29N5O. The molecule has 1 aromatic rings. The van der Waals surface area contributed by atoms with Crippen LogP contribution in [-0.4, -0.2) is 76.7 Å². The first-order valence-corrected chi connectivity index (χ1v) is 8.21. The number of nitrogens with zero attached hydrogens (tertiary/aromatic N) is 5. The van der Waals surface area contributed by atoms with E-state index in [0.717, 1.165) is 38.2 Å². The number of rotatable bonds is 7. The van der Waals surface area contributed by atoms with Crippen molar-refractivity contribution >= 4 is 5.91 Å². The number of hydrogen-bond donors (Lipinski definition) is 0. The third kappa shape index (κ3) is 4.30. The Morgan fingerprint density at radius 2 is 2.18 bits per heavy atom. The van der Waals surface area contributed by atoms with Gasteiger partial charge in [0.2, 0.25) is 5.91 Å². The van der Waals surface area contributed by atoms with Crippen molar-refractivity contribution in [3.8, 4) is 0 Å². The summed E-state index contributed by atoms with van der Waals surface area (Å²) < 4.78 is 1.90. The van der Waals surface area contributed by atoms with Crippen LogP contribution in [0.1, 0.15) is 25.8 Å². The second-order valence-corrected chi connectivity index (χ2v) is 6.25. The zero-order valence-electron chi connectivity index (χ0n) is 14.3. The quantitative estimate of drug-likeness (QED) is 0.750. The Balaban J connectivity index is 1.86. The molecule has 2 heterocycles. The average molecular weight is 307 g/mol. The molecule has 0 spiro atoms. The zero-order chi connectivity index (χ0) is 16.1. The van der Waals surface area contributed by atoms with Gasteiger partial charge < -0.3 is 9.80 Å². The zero-order valence-corrected chi connectivity index (χ0v) is 14.3. The maximum absolute atomic E-state index is 12.5. The van der Waals surface area contributed by atoms with Crippen LogP contribution in [0.25, 0.3) is 0 Å². The molecule has 0 aliphatic carbocycles. The van der Waals surface area contributed by atoms with E-state index in [1.54, 1.807) is 0 Å². The van der Waals surface area contributed by atoms with Crippen LogP contribution in [-0.2, 0) is 17.9 Å². The monoisotopic (exact) mass is 307 g/mol. The van der Waals surface area contributed by atoms with E-state index in [1.165, 1.54) is 0 Å². The molecule has 1 aliphatic rings. The van der Waals surface area contributed by atoms with Crippen LogP contribution in [0.4, 0.5) is 0 Å². The first-order chi connectivity index (χ1) is 10.5. The van der Waals surface area contributed by atoms with Crippen LogP contribution < -0.4 is 0 Å². The van der Waals surface area contributed by atoms with Gasteiger partial charge in [-0.25, -0.2) is 0 Å². The lowest BCUT2D eigenvalue weighted by atomic mass is 10.2. The number of carbonyl (C=O) groups is 1. The van der Waals surface area contributed by atoms with Crippen molar-refractivity contribution in [1.82, 2.24) is 24.5 Å². The molecule has 0 unspecified atom stereocenters. The van der Waals surface area contributed by atoms with Crippen LogP contribution in [0, 0.1) is 0 Å². The van der Waals surface area contributed by atoms with Crippen molar-refractivity contribution in [1.29, 1.82) is 0 Å². The molecule has 0 aromatic carbocycles. The lowest BCUT2D eigenvalue weighted by Gasteiger charge is -2.24. The average Bonchev–Trinajstić information content (AvgIpc) is 3.13. The Morgan fingerprint density at radius 3 is 2.73 bits per heavy atom.